The summed E-state index contributed by atoms with van der Waals surface area (Å²) in [6.07, 6.45) is 4.39. The van der Waals surface area contributed by atoms with Gasteiger partial charge in [-0.2, -0.15) is 0 Å². The minimum atomic E-state index is -1.30. The minimum absolute atomic E-state index is 0.333. The molecule has 0 spiro atoms. The SMILES string of the molecule is [2H][C@@H]1C[C@@H](CCCCC)CC([2H])([2H])C1c1ccc(OC)cc1. The molecule has 1 fully saturated rings. The van der Waals surface area contributed by atoms with Gasteiger partial charge < -0.3 is 4.74 Å². The van der Waals surface area contributed by atoms with Gasteiger partial charge in [0.25, 0.3) is 0 Å². The number of methoxy groups -OCH3 is 1. The minimum Gasteiger partial charge on any atom is -0.497 e. The van der Waals surface area contributed by atoms with Crippen molar-refractivity contribution in [3.8, 4) is 5.75 Å². The lowest BCUT2D eigenvalue weighted by Gasteiger charge is -2.29. The number of unbranched alkanes of at least 4 members (excludes halogenated alkanes) is 2. The first-order chi connectivity index (χ1) is 10.5. The molecule has 1 saturated carbocycles. The van der Waals surface area contributed by atoms with Crippen LogP contribution in [-0.4, -0.2) is 7.11 Å². The first-order valence-electron chi connectivity index (χ1n) is 9.12. The van der Waals surface area contributed by atoms with Crippen molar-refractivity contribution in [1.82, 2.24) is 0 Å². The van der Waals surface area contributed by atoms with Crippen LogP contribution in [0.15, 0.2) is 24.3 Å². The molecule has 0 amide bonds. The molecule has 2 rings (SSSR count). The van der Waals surface area contributed by atoms with Crippen LogP contribution in [0.1, 0.15) is 73.8 Å². The number of benzene rings is 1. The van der Waals surface area contributed by atoms with Gasteiger partial charge in [0.1, 0.15) is 5.75 Å². The van der Waals surface area contributed by atoms with Crippen LogP contribution >= 0.6 is 0 Å². The molecule has 1 unspecified atom stereocenters. The summed E-state index contributed by atoms with van der Waals surface area (Å²) in [7, 11) is 1.63. The number of hydrogen-bond acceptors (Lipinski definition) is 1. The van der Waals surface area contributed by atoms with Crippen LogP contribution in [0.25, 0.3) is 0 Å². The summed E-state index contributed by atoms with van der Waals surface area (Å²) >= 11 is 0. The van der Waals surface area contributed by atoms with E-state index in [-0.39, 0.29) is 12.3 Å². The molecule has 1 nitrogen and oxygen atoms in total. The summed E-state index contributed by atoms with van der Waals surface area (Å²) in [5.74, 6) is 0.804. The predicted molar refractivity (Wildman–Crippen MR) is 81.8 cm³/mol. The predicted octanol–water partition coefficient (Wildman–Crippen LogP) is 5.55. The number of hydrogen-bond donors (Lipinski definition) is 0. The Kier molecular flexibility index (Phi) is 4.29. The summed E-state index contributed by atoms with van der Waals surface area (Å²) in [6.45, 7) is 2.19. The maximum Gasteiger partial charge on any atom is 0.118 e. The second kappa shape index (κ2) is 7.57. The Hall–Kier alpha value is -0.980. The normalized spacial score (nSPS) is 32.1. The lowest BCUT2D eigenvalue weighted by atomic mass is 9.77. The van der Waals surface area contributed by atoms with Gasteiger partial charge in [-0.1, -0.05) is 44.7 Å². The smallest absolute Gasteiger partial charge is 0.118 e. The summed E-state index contributed by atoms with van der Waals surface area (Å²) in [6, 6.07) is 7.57. The highest BCUT2D eigenvalue weighted by molar-refractivity contribution is 5.29. The lowest BCUT2D eigenvalue weighted by Crippen LogP contribution is -2.13. The fraction of sp³-hybridized carbons (Fsp3) is 0.667. The van der Waals surface area contributed by atoms with Gasteiger partial charge in [0.15, 0.2) is 0 Å². The molecule has 1 aromatic rings. The van der Waals surface area contributed by atoms with Gasteiger partial charge in [0, 0.05) is 4.11 Å². The first-order valence-corrected chi connectivity index (χ1v) is 7.54. The van der Waals surface area contributed by atoms with Gasteiger partial charge in [-0.25, -0.2) is 0 Å². The van der Waals surface area contributed by atoms with E-state index in [2.05, 4.69) is 6.92 Å². The van der Waals surface area contributed by atoms with Crippen LogP contribution in [0, 0.1) is 5.92 Å². The average Bonchev–Trinajstić information content (AvgIpc) is 2.46. The van der Waals surface area contributed by atoms with E-state index >= 15 is 0 Å². The molecule has 3 atom stereocenters. The molecule has 0 N–H and O–H groups in total. The highest BCUT2D eigenvalue weighted by Crippen LogP contribution is 2.38. The molecule has 1 aliphatic rings. The Bertz CT molecular complexity index is 458. The highest BCUT2D eigenvalue weighted by atomic mass is 16.5. The van der Waals surface area contributed by atoms with Crippen molar-refractivity contribution >= 4 is 0 Å². The second-order valence-electron chi connectivity index (χ2n) is 5.49. The second-order valence-corrected chi connectivity index (χ2v) is 5.49. The van der Waals surface area contributed by atoms with E-state index in [1.165, 1.54) is 12.8 Å². The summed E-state index contributed by atoms with van der Waals surface area (Å²) in [5, 5.41) is 0. The topological polar surface area (TPSA) is 9.23 Å². The van der Waals surface area contributed by atoms with Crippen LogP contribution < -0.4 is 4.74 Å². The van der Waals surface area contributed by atoms with Crippen molar-refractivity contribution in [1.29, 1.82) is 0 Å². The molecule has 106 valence electrons. The molecule has 19 heavy (non-hydrogen) atoms. The van der Waals surface area contributed by atoms with E-state index in [0.717, 1.165) is 30.6 Å². The highest BCUT2D eigenvalue weighted by Gasteiger charge is 2.21. The van der Waals surface area contributed by atoms with Crippen molar-refractivity contribution in [2.75, 3.05) is 7.11 Å². The third kappa shape index (κ3) is 4.26. The molecule has 1 aromatic carbocycles. The van der Waals surface area contributed by atoms with Gasteiger partial charge >= 0.3 is 0 Å². The molecule has 1 aliphatic carbocycles. The number of ether oxygens (including phenoxy) is 1. The zero-order chi connectivity index (χ0) is 16.2. The molecular weight excluding hydrogens is 232 g/mol. The zero-order valence-electron chi connectivity index (χ0n) is 15.2. The average molecular weight is 263 g/mol. The van der Waals surface area contributed by atoms with Gasteiger partial charge in [-0.15, -0.1) is 0 Å². The Morgan fingerprint density at radius 1 is 1.21 bits per heavy atom. The molecule has 0 aliphatic heterocycles. The van der Waals surface area contributed by atoms with Crippen molar-refractivity contribution in [3.63, 3.8) is 0 Å². The van der Waals surface area contributed by atoms with Crippen LogP contribution in [0.4, 0.5) is 0 Å². The van der Waals surface area contributed by atoms with Crippen molar-refractivity contribution < 1.29 is 8.85 Å². The molecule has 1 heteroatoms. The van der Waals surface area contributed by atoms with E-state index in [9.17, 15) is 0 Å². The molecule has 0 radical (unpaired) electrons. The third-order valence-corrected chi connectivity index (χ3v) is 4.02. The van der Waals surface area contributed by atoms with E-state index in [0.29, 0.717) is 12.3 Å². The molecular formula is C18H28O. The molecule has 0 bridgehead atoms. The molecule has 0 heterocycles. The van der Waals surface area contributed by atoms with Crippen LogP contribution in [0.5, 0.6) is 5.75 Å². The van der Waals surface area contributed by atoms with Crippen LogP contribution in [-0.2, 0) is 0 Å². The molecule has 0 aromatic heterocycles. The third-order valence-electron chi connectivity index (χ3n) is 4.02. The molecule has 0 saturated heterocycles. The quantitative estimate of drug-likeness (QED) is 0.611. The lowest BCUT2D eigenvalue weighted by molar-refractivity contribution is 0.302. The van der Waals surface area contributed by atoms with Gasteiger partial charge in [0.05, 0.1) is 7.11 Å². The Morgan fingerprint density at radius 3 is 2.63 bits per heavy atom. The van der Waals surface area contributed by atoms with E-state index in [1.54, 1.807) is 7.11 Å². The van der Waals surface area contributed by atoms with Gasteiger partial charge in [0.2, 0.25) is 0 Å². The van der Waals surface area contributed by atoms with Crippen molar-refractivity contribution in [3.05, 3.63) is 29.8 Å². The summed E-state index contributed by atoms with van der Waals surface area (Å²) in [4.78, 5) is 0. The van der Waals surface area contributed by atoms with E-state index < -0.39 is 6.37 Å². The van der Waals surface area contributed by atoms with E-state index in [4.69, 9.17) is 8.85 Å². The first kappa shape index (κ1) is 10.8. The maximum absolute atomic E-state index is 8.48. The van der Waals surface area contributed by atoms with E-state index in [1.807, 2.05) is 24.3 Å². The Labute approximate surface area is 122 Å². The zero-order valence-corrected chi connectivity index (χ0v) is 12.2. The van der Waals surface area contributed by atoms with Gasteiger partial charge in [-0.05, 0) is 55.1 Å². The van der Waals surface area contributed by atoms with Crippen LogP contribution in [0.3, 0.4) is 0 Å². The fourth-order valence-electron chi connectivity index (χ4n) is 2.76. The summed E-state index contributed by atoms with van der Waals surface area (Å²) < 4.78 is 30.6. The Morgan fingerprint density at radius 2 is 2.00 bits per heavy atom. The maximum atomic E-state index is 8.48. The largest absolute Gasteiger partial charge is 0.497 e. The van der Waals surface area contributed by atoms with Crippen molar-refractivity contribution in [2.24, 2.45) is 5.92 Å². The number of rotatable bonds is 6. The standard InChI is InChI=1S/C18H28O/c1-3-4-5-6-15-7-9-16(10-8-15)17-11-13-18(19-2)14-12-17/h11-16H,3-10H2,1-2H3/t15-,16?/i9D,10D2/t9-,15-,16?/m1/s1. The van der Waals surface area contributed by atoms with Gasteiger partial charge in [-0.3, -0.25) is 0 Å². The van der Waals surface area contributed by atoms with Crippen molar-refractivity contribution in [2.45, 2.75) is 64.1 Å². The fourth-order valence-corrected chi connectivity index (χ4v) is 2.76. The Balaban J connectivity index is 2.08. The summed E-state index contributed by atoms with van der Waals surface area (Å²) in [5.41, 5.74) is 0.929. The van der Waals surface area contributed by atoms with Crippen LogP contribution in [0.2, 0.25) is 0 Å². The monoisotopic (exact) mass is 263 g/mol.